The Morgan fingerprint density at radius 1 is 0.373 bits per heavy atom. The van der Waals surface area contributed by atoms with E-state index in [1.807, 2.05) is 42.5 Å². The van der Waals surface area contributed by atoms with Crippen molar-refractivity contribution in [3.8, 4) is 39.6 Å². The highest BCUT2D eigenvalue weighted by Crippen LogP contribution is 2.41. The van der Waals surface area contributed by atoms with Crippen LogP contribution in [0.25, 0.3) is 105 Å². The lowest BCUT2D eigenvalue weighted by Crippen LogP contribution is -2.01. The summed E-state index contributed by atoms with van der Waals surface area (Å²) < 4.78 is 15.4. The smallest absolute Gasteiger partial charge is 0.164 e. The van der Waals surface area contributed by atoms with Crippen molar-refractivity contribution >= 4 is 65.7 Å². The maximum absolute atomic E-state index is 6.54. The van der Waals surface area contributed by atoms with Gasteiger partial charge in [0.05, 0.1) is 33.7 Å². The van der Waals surface area contributed by atoms with Crippen LogP contribution in [0, 0.1) is 0 Å². The molecule has 11 aromatic rings. The van der Waals surface area contributed by atoms with Gasteiger partial charge in [-0.25, -0.2) is 9.97 Å². The van der Waals surface area contributed by atoms with Gasteiger partial charge >= 0.3 is 0 Å². The zero-order valence-corrected chi connectivity index (χ0v) is 27.2. The Labute approximate surface area is 291 Å². The van der Waals surface area contributed by atoms with Crippen LogP contribution in [-0.2, 0) is 0 Å². The van der Waals surface area contributed by atoms with Gasteiger partial charge < -0.3 is 13.4 Å². The molecule has 0 unspecified atom stereocenters. The molecule has 238 valence electrons. The van der Waals surface area contributed by atoms with Gasteiger partial charge in [-0.2, -0.15) is 0 Å². The topological polar surface area (TPSA) is 57.0 Å². The molecule has 0 atom stereocenters. The Morgan fingerprint density at radius 3 is 1.47 bits per heavy atom. The standard InChI is InChI=1S/C46H27N3O2/c1-6-22-39-28(13-1)29-14-2-7-23-40(29)49(39)41-24-8-3-17-34(41)37-27-38(35-20-11-18-32-30-15-4-9-25-42(30)50-44(32)35)48-46(47-37)36-21-12-19-33-31-16-5-10-26-43(31)51-45(33)36/h1-27H. The highest BCUT2D eigenvalue weighted by Gasteiger charge is 2.21. The van der Waals surface area contributed by atoms with Crippen LogP contribution in [0.4, 0.5) is 0 Å². The summed E-state index contributed by atoms with van der Waals surface area (Å²) in [5, 5.41) is 6.64. The summed E-state index contributed by atoms with van der Waals surface area (Å²) in [5.74, 6) is 0.581. The van der Waals surface area contributed by atoms with E-state index in [9.17, 15) is 0 Å². The van der Waals surface area contributed by atoms with Crippen LogP contribution in [0.2, 0.25) is 0 Å². The van der Waals surface area contributed by atoms with Gasteiger partial charge in [0, 0.05) is 43.4 Å². The molecule has 0 radical (unpaired) electrons. The lowest BCUT2D eigenvalue weighted by Gasteiger charge is -2.15. The average Bonchev–Trinajstić information content (AvgIpc) is 3.87. The van der Waals surface area contributed by atoms with Gasteiger partial charge in [0.1, 0.15) is 22.3 Å². The third kappa shape index (κ3) is 4.15. The molecule has 0 saturated carbocycles. The fraction of sp³-hybridized carbons (Fsp3) is 0. The largest absolute Gasteiger partial charge is 0.455 e. The van der Waals surface area contributed by atoms with Gasteiger partial charge in [0.25, 0.3) is 0 Å². The van der Waals surface area contributed by atoms with Gasteiger partial charge in [0.15, 0.2) is 5.82 Å². The van der Waals surface area contributed by atoms with E-state index in [2.05, 4.69) is 126 Å². The van der Waals surface area contributed by atoms with Crippen molar-refractivity contribution in [1.29, 1.82) is 0 Å². The number of aromatic nitrogens is 3. The first-order chi connectivity index (χ1) is 25.3. The molecule has 0 aliphatic rings. The van der Waals surface area contributed by atoms with Crippen molar-refractivity contribution in [3.63, 3.8) is 0 Å². The molecular weight excluding hydrogens is 627 g/mol. The van der Waals surface area contributed by atoms with Crippen molar-refractivity contribution in [2.24, 2.45) is 0 Å². The summed E-state index contributed by atoms with van der Waals surface area (Å²) in [4.78, 5) is 10.7. The summed E-state index contributed by atoms with van der Waals surface area (Å²) in [5.41, 5.74) is 10.8. The molecule has 11 rings (SSSR count). The molecule has 4 aromatic heterocycles. The lowest BCUT2D eigenvalue weighted by atomic mass is 10.0. The first-order valence-electron chi connectivity index (χ1n) is 17.1. The zero-order chi connectivity index (χ0) is 33.5. The molecule has 0 fully saturated rings. The molecule has 0 aliphatic carbocycles. The average molecular weight is 654 g/mol. The summed E-state index contributed by atoms with van der Waals surface area (Å²) in [6.45, 7) is 0. The fourth-order valence-corrected chi connectivity index (χ4v) is 7.78. The van der Waals surface area contributed by atoms with Crippen LogP contribution in [0.3, 0.4) is 0 Å². The fourth-order valence-electron chi connectivity index (χ4n) is 7.78. The van der Waals surface area contributed by atoms with Crippen LogP contribution < -0.4 is 0 Å². The highest BCUT2D eigenvalue weighted by molar-refractivity contribution is 6.12. The Hall–Kier alpha value is -6.98. The second-order valence-corrected chi connectivity index (χ2v) is 12.9. The summed E-state index contributed by atoms with van der Waals surface area (Å²) in [7, 11) is 0. The van der Waals surface area contributed by atoms with Crippen molar-refractivity contribution in [3.05, 3.63) is 164 Å². The molecular formula is C46H27N3O2. The molecule has 51 heavy (non-hydrogen) atoms. The van der Waals surface area contributed by atoms with E-state index in [0.29, 0.717) is 5.82 Å². The first kappa shape index (κ1) is 27.9. The van der Waals surface area contributed by atoms with E-state index < -0.39 is 0 Å². The van der Waals surface area contributed by atoms with Crippen LogP contribution in [-0.4, -0.2) is 14.5 Å². The number of hydrogen-bond acceptors (Lipinski definition) is 4. The number of para-hydroxylation sites is 7. The van der Waals surface area contributed by atoms with Gasteiger partial charge in [-0.1, -0.05) is 115 Å². The van der Waals surface area contributed by atoms with E-state index in [1.165, 1.54) is 10.8 Å². The number of furan rings is 2. The normalized spacial score (nSPS) is 11.9. The van der Waals surface area contributed by atoms with Crippen molar-refractivity contribution in [1.82, 2.24) is 14.5 Å². The Balaban J connectivity index is 1.22. The number of fused-ring (bicyclic) bond motifs is 9. The predicted octanol–water partition coefficient (Wildman–Crippen LogP) is 12.4. The molecule has 0 spiro atoms. The summed E-state index contributed by atoms with van der Waals surface area (Å²) >= 11 is 0. The van der Waals surface area contributed by atoms with Gasteiger partial charge in [-0.05, 0) is 48.5 Å². The Kier molecular flexibility index (Phi) is 5.89. The number of hydrogen-bond donors (Lipinski definition) is 0. The maximum atomic E-state index is 6.54. The molecule has 4 heterocycles. The van der Waals surface area contributed by atoms with Crippen molar-refractivity contribution in [2.45, 2.75) is 0 Å². The number of nitrogens with zero attached hydrogens (tertiary/aromatic N) is 3. The molecule has 7 aromatic carbocycles. The van der Waals surface area contributed by atoms with E-state index in [1.54, 1.807) is 0 Å². The minimum absolute atomic E-state index is 0.581. The van der Waals surface area contributed by atoms with Crippen LogP contribution >= 0.6 is 0 Å². The van der Waals surface area contributed by atoms with Crippen LogP contribution in [0.1, 0.15) is 0 Å². The molecule has 0 bridgehead atoms. The third-order valence-electron chi connectivity index (χ3n) is 10.1. The second kappa shape index (κ2) is 10.8. The van der Waals surface area contributed by atoms with Gasteiger partial charge in [-0.15, -0.1) is 0 Å². The van der Waals surface area contributed by atoms with E-state index in [0.717, 1.165) is 88.7 Å². The van der Waals surface area contributed by atoms with Crippen LogP contribution in [0.15, 0.2) is 173 Å². The monoisotopic (exact) mass is 653 g/mol. The molecule has 0 amide bonds. The summed E-state index contributed by atoms with van der Waals surface area (Å²) in [6.07, 6.45) is 0. The lowest BCUT2D eigenvalue weighted by molar-refractivity contribution is 0.669. The van der Waals surface area contributed by atoms with Gasteiger partial charge in [-0.3, -0.25) is 0 Å². The number of rotatable bonds is 4. The quantitative estimate of drug-likeness (QED) is 0.190. The minimum Gasteiger partial charge on any atom is -0.455 e. The molecule has 0 N–H and O–H groups in total. The zero-order valence-electron chi connectivity index (χ0n) is 27.2. The molecule has 0 saturated heterocycles. The van der Waals surface area contributed by atoms with Crippen molar-refractivity contribution < 1.29 is 8.83 Å². The highest BCUT2D eigenvalue weighted by atomic mass is 16.3. The van der Waals surface area contributed by atoms with E-state index in [4.69, 9.17) is 18.8 Å². The Morgan fingerprint density at radius 2 is 0.824 bits per heavy atom. The second-order valence-electron chi connectivity index (χ2n) is 12.9. The van der Waals surface area contributed by atoms with E-state index in [-0.39, 0.29) is 0 Å². The SMILES string of the molecule is c1ccc(-n2c3ccccc3c3ccccc32)c(-c2cc(-c3cccc4c3oc3ccccc34)nc(-c3cccc4c3oc3ccccc34)n2)c1. The third-order valence-corrected chi connectivity index (χ3v) is 10.1. The number of benzene rings is 7. The predicted molar refractivity (Wildman–Crippen MR) is 207 cm³/mol. The van der Waals surface area contributed by atoms with Crippen molar-refractivity contribution in [2.75, 3.05) is 0 Å². The molecule has 0 aliphatic heterocycles. The molecule has 5 nitrogen and oxygen atoms in total. The molecule has 5 heteroatoms. The minimum atomic E-state index is 0.581. The van der Waals surface area contributed by atoms with E-state index >= 15 is 0 Å². The van der Waals surface area contributed by atoms with Gasteiger partial charge in [0.2, 0.25) is 0 Å². The Bertz CT molecular complexity index is 2980. The summed E-state index contributed by atoms with van der Waals surface area (Å²) in [6, 6.07) is 56.5. The maximum Gasteiger partial charge on any atom is 0.164 e. The van der Waals surface area contributed by atoms with Crippen LogP contribution in [0.5, 0.6) is 0 Å². The first-order valence-corrected chi connectivity index (χ1v) is 17.1.